The number of ether oxygens (including phenoxy) is 1. The molecule has 0 radical (unpaired) electrons. The van der Waals surface area contributed by atoms with E-state index >= 15 is 0 Å². The highest BCUT2D eigenvalue weighted by Crippen LogP contribution is 2.13. The fraction of sp³-hybridized carbons (Fsp3) is 0.400. The van der Waals surface area contributed by atoms with Crippen molar-refractivity contribution in [2.75, 3.05) is 18.5 Å². The monoisotopic (exact) mass is 405 g/mol. The lowest BCUT2D eigenvalue weighted by Gasteiger charge is -2.06. The number of unbranched alkanes of at least 4 members (excludes halogenated alkanes) is 2. The number of hydrogen-bond acceptors (Lipinski definition) is 6. The number of esters is 1. The van der Waals surface area contributed by atoms with Crippen molar-refractivity contribution < 1.29 is 14.5 Å². The number of carbonyl (C=O) groups excluding carboxylic acids is 1. The predicted octanol–water partition coefficient (Wildman–Crippen LogP) is 4.79. The van der Waals surface area contributed by atoms with Crippen LogP contribution >= 0.6 is 11.6 Å². The number of halogens is 1. The largest absolute Gasteiger partial charge is 0.466 e. The molecule has 0 aliphatic heterocycles. The molecule has 7 nitrogen and oxygen atoms in total. The lowest BCUT2D eigenvalue weighted by atomic mass is 10.1. The average molecular weight is 406 g/mol. The summed E-state index contributed by atoms with van der Waals surface area (Å²) in [5.41, 5.74) is 1.13. The summed E-state index contributed by atoms with van der Waals surface area (Å²) >= 11 is 5.84. The van der Waals surface area contributed by atoms with Crippen molar-refractivity contribution in [2.24, 2.45) is 0 Å². The number of carbonyl (C=O) groups is 1. The summed E-state index contributed by atoms with van der Waals surface area (Å²) in [4.78, 5) is 25.8. The summed E-state index contributed by atoms with van der Waals surface area (Å²) in [6.07, 6.45) is 5.84. The molecule has 0 bridgehead atoms. The van der Waals surface area contributed by atoms with Gasteiger partial charge in [-0.2, -0.15) is 0 Å². The van der Waals surface area contributed by atoms with Gasteiger partial charge in [0.1, 0.15) is 12.0 Å². The van der Waals surface area contributed by atoms with Crippen molar-refractivity contribution in [1.82, 2.24) is 4.98 Å². The van der Waals surface area contributed by atoms with E-state index in [-0.39, 0.29) is 11.7 Å². The van der Waals surface area contributed by atoms with E-state index in [1.54, 1.807) is 6.07 Å². The highest BCUT2D eigenvalue weighted by molar-refractivity contribution is 6.30. The summed E-state index contributed by atoms with van der Waals surface area (Å²) in [7, 11) is 0. The maximum Gasteiger partial charge on any atom is 0.305 e. The topological polar surface area (TPSA) is 94.4 Å². The molecule has 0 amide bonds. The van der Waals surface area contributed by atoms with E-state index in [1.807, 2.05) is 24.3 Å². The van der Waals surface area contributed by atoms with Gasteiger partial charge >= 0.3 is 5.97 Å². The number of rotatable bonds is 12. The SMILES string of the molecule is O=C(CCCc1ccc(Cl)cc1)OCCCCCNc1ccc([N+](=O)[O-])cn1. The van der Waals surface area contributed by atoms with E-state index in [1.165, 1.54) is 12.3 Å². The summed E-state index contributed by atoms with van der Waals surface area (Å²) in [5, 5.41) is 14.4. The third-order valence-corrected chi connectivity index (χ3v) is 4.36. The zero-order valence-electron chi connectivity index (χ0n) is 15.6. The number of hydrogen-bond donors (Lipinski definition) is 1. The van der Waals surface area contributed by atoms with Crippen LogP contribution in [0.1, 0.15) is 37.7 Å². The molecule has 0 unspecified atom stereocenters. The van der Waals surface area contributed by atoms with Crippen molar-refractivity contribution in [3.05, 3.63) is 63.3 Å². The van der Waals surface area contributed by atoms with Crippen molar-refractivity contribution >= 4 is 29.1 Å². The third kappa shape index (κ3) is 8.35. The molecule has 8 heteroatoms. The second-order valence-electron chi connectivity index (χ2n) is 6.35. The number of nitrogens with one attached hydrogen (secondary N) is 1. The summed E-state index contributed by atoms with van der Waals surface area (Å²) in [6, 6.07) is 10.6. The van der Waals surface area contributed by atoms with Crippen molar-refractivity contribution in [3.63, 3.8) is 0 Å². The predicted molar refractivity (Wildman–Crippen MR) is 109 cm³/mol. The number of benzene rings is 1. The van der Waals surface area contributed by atoms with Crippen molar-refractivity contribution in [1.29, 1.82) is 0 Å². The Morgan fingerprint density at radius 3 is 2.57 bits per heavy atom. The molecule has 1 aromatic heterocycles. The first-order chi connectivity index (χ1) is 13.5. The first kappa shape index (κ1) is 21.6. The van der Waals surface area contributed by atoms with Crippen LogP contribution in [0.15, 0.2) is 42.6 Å². The summed E-state index contributed by atoms with van der Waals surface area (Å²) < 4.78 is 5.24. The molecule has 1 N–H and O–H groups in total. The van der Waals surface area contributed by atoms with Gasteiger partial charge in [0.05, 0.1) is 11.5 Å². The Morgan fingerprint density at radius 1 is 1.11 bits per heavy atom. The number of aromatic nitrogens is 1. The zero-order chi connectivity index (χ0) is 20.2. The smallest absolute Gasteiger partial charge is 0.305 e. The normalized spacial score (nSPS) is 10.5. The van der Waals surface area contributed by atoms with E-state index in [4.69, 9.17) is 16.3 Å². The van der Waals surface area contributed by atoms with E-state index in [0.717, 1.165) is 37.7 Å². The molecule has 2 rings (SSSR count). The first-order valence-corrected chi connectivity index (χ1v) is 9.67. The Kier molecular flexibility index (Phi) is 9.21. The Bertz CT molecular complexity index is 751. The minimum atomic E-state index is -0.476. The Hall–Kier alpha value is -2.67. The summed E-state index contributed by atoms with van der Waals surface area (Å²) in [5.74, 6) is 0.444. The zero-order valence-corrected chi connectivity index (χ0v) is 16.4. The average Bonchev–Trinajstić information content (AvgIpc) is 2.69. The minimum absolute atomic E-state index is 0.0273. The van der Waals surface area contributed by atoms with Gasteiger partial charge in [-0.25, -0.2) is 4.98 Å². The van der Waals surface area contributed by atoms with E-state index in [2.05, 4.69) is 10.3 Å². The molecule has 1 aromatic carbocycles. The number of nitrogens with zero attached hydrogens (tertiary/aromatic N) is 2. The fourth-order valence-electron chi connectivity index (χ4n) is 2.57. The van der Waals surface area contributed by atoms with Crippen LogP contribution in [0.3, 0.4) is 0 Å². The Balaban J connectivity index is 1.46. The lowest BCUT2D eigenvalue weighted by molar-refractivity contribution is -0.385. The van der Waals surface area contributed by atoms with Gasteiger partial charge in [-0.1, -0.05) is 23.7 Å². The quantitative estimate of drug-likeness (QED) is 0.236. The number of anilines is 1. The molecule has 1 heterocycles. The second-order valence-corrected chi connectivity index (χ2v) is 6.78. The van der Waals surface area contributed by atoms with E-state index in [9.17, 15) is 14.9 Å². The highest BCUT2D eigenvalue weighted by atomic mass is 35.5. The fourth-order valence-corrected chi connectivity index (χ4v) is 2.69. The first-order valence-electron chi connectivity index (χ1n) is 9.29. The van der Waals surface area contributed by atoms with Crippen LogP contribution in [0.4, 0.5) is 11.5 Å². The lowest BCUT2D eigenvalue weighted by Crippen LogP contribution is -2.07. The molecule has 0 saturated carbocycles. The molecule has 0 atom stereocenters. The van der Waals surface area contributed by atoms with Gasteiger partial charge in [-0.15, -0.1) is 0 Å². The van der Waals surface area contributed by atoms with Gasteiger partial charge in [0.2, 0.25) is 0 Å². The van der Waals surface area contributed by atoms with Crippen LogP contribution < -0.4 is 5.32 Å². The van der Waals surface area contributed by atoms with Crippen molar-refractivity contribution in [2.45, 2.75) is 38.5 Å². The molecule has 0 aliphatic rings. The van der Waals surface area contributed by atoms with Crippen LogP contribution in [0.2, 0.25) is 5.02 Å². The molecule has 0 spiro atoms. The van der Waals surface area contributed by atoms with Gasteiger partial charge in [0.25, 0.3) is 5.69 Å². The third-order valence-electron chi connectivity index (χ3n) is 4.11. The molecular weight excluding hydrogens is 382 g/mol. The summed E-state index contributed by atoms with van der Waals surface area (Å²) in [6.45, 7) is 1.13. The van der Waals surface area contributed by atoms with Crippen LogP contribution in [-0.2, 0) is 16.0 Å². The number of aryl methyl sites for hydroxylation is 1. The molecule has 150 valence electrons. The minimum Gasteiger partial charge on any atom is -0.466 e. The van der Waals surface area contributed by atoms with Crippen molar-refractivity contribution in [3.8, 4) is 0 Å². The van der Waals surface area contributed by atoms with E-state index in [0.29, 0.717) is 30.4 Å². The van der Waals surface area contributed by atoms with Gasteiger partial charge in [0.15, 0.2) is 0 Å². The van der Waals surface area contributed by atoms with Crippen LogP contribution in [0.25, 0.3) is 0 Å². The van der Waals surface area contributed by atoms with Crippen LogP contribution in [0.5, 0.6) is 0 Å². The molecule has 2 aromatic rings. The Labute approximate surface area is 169 Å². The maximum absolute atomic E-state index is 11.7. The second kappa shape index (κ2) is 11.9. The van der Waals surface area contributed by atoms with Crippen LogP contribution in [0, 0.1) is 10.1 Å². The number of nitro groups is 1. The molecule has 28 heavy (non-hydrogen) atoms. The molecular formula is C20H24ClN3O4. The van der Waals surface area contributed by atoms with Gasteiger partial charge in [-0.05, 0) is 55.9 Å². The molecule has 0 fully saturated rings. The van der Waals surface area contributed by atoms with E-state index < -0.39 is 4.92 Å². The number of pyridine rings is 1. The highest BCUT2D eigenvalue weighted by Gasteiger charge is 2.05. The maximum atomic E-state index is 11.7. The van der Waals surface area contributed by atoms with Gasteiger partial charge in [-0.3, -0.25) is 14.9 Å². The van der Waals surface area contributed by atoms with Crippen LogP contribution in [-0.4, -0.2) is 29.0 Å². The van der Waals surface area contributed by atoms with Gasteiger partial charge in [0, 0.05) is 24.1 Å². The standard InChI is InChI=1S/C20H24ClN3O4/c21-17-9-7-16(8-10-17)5-4-6-20(25)28-14-3-1-2-13-22-19-12-11-18(15-23-19)24(26)27/h7-12,15H,1-6,13-14H2,(H,22,23). The van der Waals surface area contributed by atoms with Gasteiger partial charge < -0.3 is 10.1 Å². The Morgan fingerprint density at radius 2 is 1.89 bits per heavy atom. The molecule has 0 saturated heterocycles. The molecule has 0 aliphatic carbocycles.